The molecule has 1 aromatic carbocycles. The highest BCUT2D eigenvalue weighted by Gasteiger charge is 2.15. The van der Waals surface area contributed by atoms with E-state index in [1.807, 2.05) is 60.9 Å². The molecule has 0 spiro atoms. The van der Waals surface area contributed by atoms with E-state index in [0.29, 0.717) is 5.75 Å². The molecule has 6 nitrogen and oxygen atoms in total. The molecule has 1 N–H and O–H groups in total. The standard InChI is InChI=1S/C19H21N5OS.ClH/c1-3-24-18(16-9-11-20-12-10-16)22-23-19(24)26-13-17(25)21-14(2)15-7-5-4-6-8-15;/h4-12,14H,3,13H2,1-2H3,(H,21,25);1H/p-1. The first-order chi connectivity index (χ1) is 12.7. The summed E-state index contributed by atoms with van der Waals surface area (Å²) in [6.45, 7) is 4.75. The lowest BCUT2D eigenvalue weighted by atomic mass is 10.1. The number of halogens is 1. The normalized spacial score (nSPS) is 11.5. The van der Waals surface area contributed by atoms with Gasteiger partial charge in [-0.2, -0.15) is 0 Å². The summed E-state index contributed by atoms with van der Waals surface area (Å²) in [5.41, 5.74) is 2.05. The average molecular weight is 403 g/mol. The maximum absolute atomic E-state index is 12.3. The highest BCUT2D eigenvalue weighted by atomic mass is 35.5. The van der Waals surface area contributed by atoms with Gasteiger partial charge in [0.15, 0.2) is 11.0 Å². The third kappa shape index (κ3) is 5.30. The summed E-state index contributed by atoms with van der Waals surface area (Å²) >= 11 is 1.39. The van der Waals surface area contributed by atoms with Crippen LogP contribution in [0.5, 0.6) is 0 Å². The molecule has 0 fully saturated rings. The Morgan fingerprint density at radius 3 is 2.52 bits per heavy atom. The molecule has 3 rings (SSSR count). The first-order valence-electron chi connectivity index (χ1n) is 8.49. The maximum Gasteiger partial charge on any atom is 0.230 e. The Morgan fingerprint density at radius 1 is 1.15 bits per heavy atom. The number of nitrogens with zero attached hydrogens (tertiary/aromatic N) is 4. The molecular weight excluding hydrogens is 382 g/mol. The zero-order chi connectivity index (χ0) is 18.4. The van der Waals surface area contributed by atoms with Crippen LogP contribution in [0, 0.1) is 0 Å². The summed E-state index contributed by atoms with van der Waals surface area (Å²) in [6.07, 6.45) is 3.46. The minimum absolute atomic E-state index is 0. The van der Waals surface area contributed by atoms with Crippen LogP contribution in [0.15, 0.2) is 60.0 Å². The van der Waals surface area contributed by atoms with Crippen molar-refractivity contribution >= 4 is 17.7 Å². The van der Waals surface area contributed by atoms with Gasteiger partial charge >= 0.3 is 0 Å². The molecule has 0 radical (unpaired) electrons. The quantitative estimate of drug-likeness (QED) is 0.577. The number of rotatable bonds is 7. The van der Waals surface area contributed by atoms with E-state index >= 15 is 0 Å². The molecule has 0 bridgehead atoms. The number of aromatic nitrogens is 4. The molecule has 1 unspecified atom stereocenters. The van der Waals surface area contributed by atoms with Crippen molar-refractivity contribution in [2.45, 2.75) is 31.6 Å². The Bertz CT molecular complexity index is 857. The molecule has 1 amide bonds. The minimum atomic E-state index is -0.0271. The second kappa shape index (κ2) is 10.1. The van der Waals surface area contributed by atoms with E-state index in [-0.39, 0.29) is 24.4 Å². The summed E-state index contributed by atoms with van der Waals surface area (Å²) in [5.74, 6) is 1.06. The van der Waals surface area contributed by atoms with Crippen LogP contribution in [-0.4, -0.2) is 31.4 Å². The predicted octanol–water partition coefficient (Wildman–Crippen LogP) is 0.334. The molecule has 1 atom stereocenters. The Morgan fingerprint density at radius 2 is 1.85 bits per heavy atom. The summed E-state index contributed by atoms with van der Waals surface area (Å²) in [5, 5.41) is 12.3. The second-order valence-electron chi connectivity index (χ2n) is 5.77. The molecule has 2 heterocycles. The van der Waals surface area contributed by atoms with Gasteiger partial charge in [0.25, 0.3) is 0 Å². The summed E-state index contributed by atoms with van der Waals surface area (Å²) in [4.78, 5) is 16.3. The van der Waals surface area contributed by atoms with E-state index in [0.717, 1.165) is 28.7 Å². The number of carbonyl (C=O) groups excluding carboxylic acids is 1. The Kier molecular flexibility index (Phi) is 7.82. The van der Waals surface area contributed by atoms with E-state index in [1.54, 1.807) is 12.4 Å². The number of hydrogen-bond acceptors (Lipinski definition) is 5. The van der Waals surface area contributed by atoms with Gasteiger partial charge in [0.1, 0.15) is 0 Å². The fraction of sp³-hybridized carbons (Fsp3) is 0.263. The maximum atomic E-state index is 12.3. The highest BCUT2D eigenvalue weighted by molar-refractivity contribution is 7.99. The van der Waals surface area contributed by atoms with Gasteiger partial charge in [0, 0.05) is 24.5 Å². The Labute approximate surface area is 169 Å². The number of pyridine rings is 1. The van der Waals surface area contributed by atoms with Crippen molar-refractivity contribution in [1.82, 2.24) is 25.1 Å². The number of amides is 1. The Balaban J connectivity index is 0.00000261. The van der Waals surface area contributed by atoms with Crippen molar-refractivity contribution in [2.24, 2.45) is 0 Å². The highest BCUT2D eigenvalue weighted by Crippen LogP contribution is 2.23. The van der Waals surface area contributed by atoms with Crippen LogP contribution in [-0.2, 0) is 11.3 Å². The molecular formula is C19H21ClN5OS-. The largest absolute Gasteiger partial charge is 1.00 e. The van der Waals surface area contributed by atoms with Crippen molar-refractivity contribution < 1.29 is 17.2 Å². The topological polar surface area (TPSA) is 72.7 Å². The molecule has 0 aliphatic carbocycles. The van der Waals surface area contributed by atoms with Gasteiger partial charge in [0.2, 0.25) is 5.91 Å². The molecule has 27 heavy (non-hydrogen) atoms. The van der Waals surface area contributed by atoms with Crippen LogP contribution in [0.2, 0.25) is 0 Å². The molecule has 0 saturated heterocycles. The Hall–Kier alpha value is -2.38. The number of nitrogens with one attached hydrogen (secondary N) is 1. The van der Waals surface area contributed by atoms with Crippen molar-refractivity contribution in [3.05, 3.63) is 60.4 Å². The van der Waals surface area contributed by atoms with Crippen LogP contribution >= 0.6 is 11.8 Å². The van der Waals surface area contributed by atoms with Crippen LogP contribution in [0.4, 0.5) is 0 Å². The van der Waals surface area contributed by atoms with Gasteiger partial charge in [-0.25, -0.2) is 0 Å². The average Bonchev–Trinajstić information content (AvgIpc) is 3.10. The number of carbonyl (C=O) groups is 1. The van der Waals surface area contributed by atoms with Crippen LogP contribution < -0.4 is 17.7 Å². The SMILES string of the molecule is CCn1c(SCC(=O)NC(C)c2ccccc2)nnc1-c1ccncc1.[Cl-]. The first kappa shape index (κ1) is 20.9. The molecule has 142 valence electrons. The van der Waals surface area contributed by atoms with Gasteiger partial charge in [0.05, 0.1) is 11.8 Å². The summed E-state index contributed by atoms with van der Waals surface area (Å²) in [7, 11) is 0. The molecule has 0 saturated carbocycles. The van der Waals surface area contributed by atoms with E-state index < -0.39 is 0 Å². The van der Waals surface area contributed by atoms with Crippen molar-refractivity contribution in [3.63, 3.8) is 0 Å². The number of benzene rings is 1. The lowest BCUT2D eigenvalue weighted by Crippen LogP contribution is -3.00. The van der Waals surface area contributed by atoms with Gasteiger partial charge < -0.3 is 22.3 Å². The van der Waals surface area contributed by atoms with Crippen molar-refractivity contribution in [1.29, 1.82) is 0 Å². The van der Waals surface area contributed by atoms with Gasteiger partial charge in [-0.3, -0.25) is 9.78 Å². The lowest BCUT2D eigenvalue weighted by molar-refractivity contribution is -0.119. The monoisotopic (exact) mass is 402 g/mol. The van der Waals surface area contributed by atoms with Gasteiger partial charge in [-0.1, -0.05) is 42.1 Å². The zero-order valence-corrected chi connectivity index (χ0v) is 16.7. The fourth-order valence-electron chi connectivity index (χ4n) is 2.63. The molecule has 3 aromatic rings. The zero-order valence-electron chi connectivity index (χ0n) is 15.2. The van der Waals surface area contributed by atoms with Gasteiger partial charge in [-0.05, 0) is 31.5 Å². The number of hydrogen-bond donors (Lipinski definition) is 1. The van der Waals surface area contributed by atoms with Crippen LogP contribution in [0.1, 0.15) is 25.5 Å². The number of thioether (sulfide) groups is 1. The fourth-order valence-corrected chi connectivity index (χ4v) is 3.45. The van der Waals surface area contributed by atoms with Gasteiger partial charge in [-0.15, -0.1) is 10.2 Å². The minimum Gasteiger partial charge on any atom is -1.00 e. The molecule has 8 heteroatoms. The second-order valence-corrected chi connectivity index (χ2v) is 6.72. The summed E-state index contributed by atoms with van der Waals surface area (Å²) in [6, 6.07) is 13.7. The third-order valence-corrected chi connectivity index (χ3v) is 4.95. The van der Waals surface area contributed by atoms with Crippen LogP contribution in [0.3, 0.4) is 0 Å². The smallest absolute Gasteiger partial charge is 0.230 e. The lowest BCUT2D eigenvalue weighted by Gasteiger charge is -2.14. The van der Waals surface area contributed by atoms with Crippen molar-refractivity contribution in [2.75, 3.05) is 5.75 Å². The van der Waals surface area contributed by atoms with E-state index in [1.165, 1.54) is 11.8 Å². The molecule has 0 aliphatic rings. The first-order valence-corrected chi connectivity index (χ1v) is 9.48. The molecule has 2 aromatic heterocycles. The van der Waals surface area contributed by atoms with E-state index in [2.05, 4.69) is 20.5 Å². The third-order valence-electron chi connectivity index (χ3n) is 3.98. The van der Waals surface area contributed by atoms with E-state index in [9.17, 15) is 4.79 Å². The van der Waals surface area contributed by atoms with E-state index in [4.69, 9.17) is 0 Å². The van der Waals surface area contributed by atoms with Crippen molar-refractivity contribution in [3.8, 4) is 11.4 Å². The van der Waals surface area contributed by atoms with Crippen LogP contribution in [0.25, 0.3) is 11.4 Å². The predicted molar refractivity (Wildman–Crippen MR) is 103 cm³/mol. The molecule has 0 aliphatic heterocycles. The summed E-state index contributed by atoms with van der Waals surface area (Å²) < 4.78 is 2.01.